The van der Waals surface area contributed by atoms with E-state index in [1.165, 1.54) is 22.8 Å². The van der Waals surface area contributed by atoms with Crippen molar-refractivity contribution >= 4 is 39.6 Å². The quantitative estimate of drug-likeness (QED) is 0.429. The maximum Gasteiger partial charge on any atom is 0.276 e. The molecule has 5 rings (SSSR count). The Morgan fingerprint density at radius 3 is 2.69 bits per heavy atom. The van der Waals surface area contributed by atoms with Crippen molar-refractivity contribution in [2.75, 3.05) is 10.6 Å². The number of amides is 1. The molecule has 0 saturated heterocycles. The normalized spacial score (nSPS) is 11.1. The van der Waals surface area contributed by atoms with E-state index < -0.39 is 0 Å². The van der Waals surface area contributed by atoms with E-state index in [9.17, 15) is 9.18 Å². The molecule has 5 aromatic rings. The van der Waals surface area contributed by atoms with Gasteiger partial charge >= 0.3 is 0 Å². The van der Waals surface area contributed by atoms with Crippen molar-refractivity contribution in [3.05, 3.63) is 84.6 Å². The van der Waals surface area contributed by atoms with Gasteiger partial charge in [0.15, 0.2) is 17.2 Å². The van der Waals surface area contributed by atoms with Crippen LogP contribution in [0.25, 0.3) is 16.6 Å². The van der Waals surface area contributed by atoms with Crippen LogP contribution in [0.2, 0.25) is 0 Å². The molecule has 142 valence electrons. The van der Waals surface area contributed by atoms with Crippen molar-refractivity contribution in [1.82, 2.24) is 19.6 Å². The third kappa shape index (κ3) is 3.27. The van der Waals surface area contributed by atoms with Crippen molar-refractivity contribution in [1.29, 1.82) is 0 Å². The number of carbonyl (C=O) groups is 1. The van der Waals surface area contributed by atoms with Crippen molar-refractivity contribution in [2.24, 2.45) is 0 Å². The van der Waals surface area contributed by atoms with E-state index in [0.29, 0.717) is 28.5 Å². The van der Waals surface area contributed by atoms with Gasteiger partial charge in [-0.2, -0.15) is 0 Å². The van der Waals surface area contributed by atoms with Crippen molar-refractivity contribution in [2.45, 2.75) is 0 Å². The van der Waals surface area contributed by atoms with Crippen LogP contribution in [0.15, 0.2) is 73.1 Å². The average Bonchev–Trinajstić information content (AvgIpc) is 3.36. The van der Waals surface area contributed by atoms with Crippen LogP contribution in [0.4, 0.5) is 21.6 Å². The van der Waals surface area contributed by atoms with Crippen molar-refractivity contribution < 1.29 is 9.18 Å². The zero-order chi connectivity index (χ0) is 19.8. The lowest BCUT2D eigenvalue weighted by Crippen LogP contribution is -2.15. The van der Waals surface area contributed by atoms with Gasteiger partial charge in [0.1, 0.15) is 5.82 Å². The average molecular weight is 386 g/mol. The molecule has 3 aromatic heterocycles. The number of nitrogens with one attached hydrogen (secondary N) is 3. The van der Waals surface area contributed by atoms with Crippen LogP contribution >= 0.6 is 0 Å². The molecule has 29 heavy (non-hydrogen) atoms. The van der Waals surface area contributed by atoms with Crippen LogP contribution < -0.4 is 10.6 Å². The standard InChI is InChI=1S/C21H15FN6O/c22-14-1-3-15(4-2-14)25-19-7-8-20-24-12-18(28(20)27-19)21(29)26-16-5-6-17-13(11-16)9-10-23-17/h1-12,23H,(H,25,27)(H,26,29). The first-order valence-corrected chi connectivity index (χ1v) is 8.92. The number of aromatic amines is 1. The second-order valence-electron chi connectivity index (χ2n) is 6.50. The van der Waals surface area contributed by atoms with E-state index in [0.717, 1.165) is 10.9 Å². The molecular formula is C21H15FN6O. The highest BCUT2D eigenvalue weighted by atomic mass is 19.1. The number of halogens is 1. The topological polar surface area (TPSA) is 87.1 Å². The molecule has 3 N–H and O–H groups in total. The van der Waals surface area contributed by atoms with E-state index in [4.69, 9.17) is 0 Å². The van der Waals surface area contributed by atoms with Gasteiger partial charge in [0.2, 0.25) is 0 Å². The Kier molecular flexibility index (Phi) is 3.94. The van der Waals surface area contributed by atoms with Gasteiger partial charge in [0.25, 0.3) is 5.91 Å². The third-order valence-electron chi connectivity index (χ3n) is 4.52. The molecule has 1 amide bonds. The molecule has 0 saturated carbocycles. The number of H-pyrrole nitrogens is 1. The summed E-state index contributed by atoms with van der Waals surface area (Å²) in [5.74, 6) is -0.130. The number of anilines is 3. The number of rotatable bonds is 4. The number of benzene rings is 2. The van der Waals surface area contributed by atoms with Gasteiger partial charge in [-0.3, -0.25) is 4.79 Å². The minimum absolute atomic E-state index is 0.303. The van der Waals surface area contributed by atoms with Gasteiger partial charge in [-0.05, 0) is 60.7 Å². The van der Waals surface area contributed by atoms with Gasteiger partial charge in [-0.25, -0.2) is 13.9 Å². The highest BCUT2D eigenvalue weighted by molar-refractivity contribution is 6.04. The summed E-state index contributed by atoms with van der Waals surface area (Å²) in [6.45, 7) is 0. The van der Waals surface area contributed by atoms with Crippen LogP contribution in [0, 0.1) is 5.82 Å². The zero-order valence-corrected chi connectivity index (χ0v) is 15.1. The van der Waals surface area contributed by atoms with Crippen LogP contribution in [-0.2, 0) is 0 Å². The summed E-state index contributed by atoms with van der Waals surface area (Å²) >= 11 is 0. The van der Waals surface area contributed by atoms with E-state index >= 15 is 0 Å². The fraction of sp³-hybridized carbons (Fsp3) is 0. The first-order valence-electron chi connectivity index (χ1n) is 8.92. The molecule has 0 radical (unpaired) electrons. The molecule has 7 nitrogen and oxygen atoms in total. The molecule has 0 atom stereocenters. The van der Waals surface area contributed by atoms with Crippen LogP contribution in [0.1, 0.15) is 10.5 Å². The Morgan fingerprint density at radius 1 is 1.00 bits per heavy atom. The lowest BCUT2D eigenvalue weighted by atomic mass is 10.2. The Hall–Kier alpha value is -4.20. The van der Waals surface area contributed by atoms with Crippen LogP contribution in [0.3, 0.4) is 0 Å². The SMILES string of the molecule is O=C(Nc1ccc2[nH]ccc2c1)c1cnc2ccc(Nc3ccc(F)cc3)nn12. The number of imidazole rings is 1. The van der Waals surface area contributed by atoms with Crippen LogP contribution in [-0.4, -0.2) is 25.5 Å². The van der Waals surface area contributed by atoms with Crippen molar-refractivity contribution in [3.8, 4) is 0 Å². The maximum atomic E-state index is 13.1. The lowest BCUT2D eigenvalue weighted by Gasteiger charge is -2.08. The van der Waals surface area contributed by atoms with E-state index in [1.807, 2.05) is 30.5 Å². The van der Waals surface area contributed by atoms with Gasteiger partial charge < -0.3 is 15.6 Å². The predicted molar refractivity (Wildman–Crippen MR) is 109 cm³/mol. The predicted octanol–water partition coefficient (Wildman–Crippen LogP) is 4.35. The first-order chi connectivity index (χ1) is 14.2. The minimum atomic E-state index is -0.321. The second-order valence-corrected chi connectivity index (χ2v) is 6.50. The Balaban J connectivity index is 1.42. The van der Waals surface area contributed by atoms with E-state index in [-0.39, 0.29) is 11.7 Å². The van der Waals surface area contributed by atoms with Gasteiger partial charge in [-0.1, -0.05) is 0 Å². The number of fused-ring (bicyclic) bond motifs is 2. The number of hydrogen-bond acceptors (Lipinski definition) is 4. The third-order valence-corrected chi connectivity index (χ3v) is 4.52. The smallest absolute Gasteiger partial charge is 0.276 e. The monoisotopic (exact) mass is 386 g/mol. The summed E-state index contributed by atoms with van der Waals surface area (Å²) in [6, 6.07) is 17.0. The Morgan fingerprint density at radius 2 is 1.83 bits per heavy atom. The fourth-order valence-corrected chi connectivity index (χ4v) is 3.10. The van der Waals surface area contributed by atoms with E-state index in [1.54, 1.807) is 24.3 Å². The number of nitrogens with zero attached hydrogens (tertiary/aromatic N) is 3. The summed E-state index contributed by atoms with van der Waals surface area (Å²) in [5.41, 5.74) is 3.20. The molecular weight excluding hydrogens is 371 g/mol. The highest BCUT2D eigenvalue weighted by Gasteiger charge is 2.14. The van der Waals surface area contributed by atoms with Gasteiger partial charge in [0.05, 0.1) is 6.20 Å². The summed E-state index contributed by atoms with van der Waals surface area (Å²) in [5, 5.41) is 11.4. The Labute approximate surface area is 164 Å². The lowest BCUT2D eigenvalue weighted by molar-refractivity contribution is 0.102. The molecule has 0 aliphatic heterocycles. The molecule has 0 aliphatic rings. The summed E-state index contributed by atoms with van der Waals surface area (Å²) in [7, 11) is 0. The summed E-state index contributed by atoms with van der Waals surface area (Å²) in [4.78, 5) is 20.1. The number of hydrogen-bond donors (Lipinski definition) is 3. The zero-order valence-electron chi connectivity index (χ0n) is 15.1. The Bertz CT molecular complexity index is 1340. The largest absolute Gasteiger partial charge is 0.361 e. The van der Waals surface area contributed by atoms with Gasteiger partial charge in [0, 0.05) is 28.5 Å². The molecule has 2 aromatic carbocycles. The summed E-state index contributed by atoms with van der Waals surface area (Å²) < 4.78 is 14.5. The fourth-order valence-electron chi connectivity index (χ4n) is 3.10. The van der Waals surface area contributed by atoms with E-state index in [2.05, 4.69) is 25.7 Å². The molecule has 0 unspecified atom stereocenters. The second kappa shape index (κ2) is 6.75. The molecule has 3 heterocycles. The summed E-state index contributed by atoms with van der Waals surface area (Å²) in [6.07, 6.45) is 3.33. The number of aromatic nitrogens is 4. The van der Waals surface area contributed by atoms with Crippen LogP contribution in [0.5, 0.6) is 0 Å². The maximum absolute atomic E-state index is 13.1. The minimum Gasteiger partial charge on any atom is -0.361 e. The van der Waals surface area contributed by atoms with Gasteiger partial charge in [-0.15, -0.1) is 5.10 Å². The number of carbonyl (C=O) groups excluding carboxylic acids is 1. The molecule has 0 spiro atoms. The molecule has 0 fully saturated rings. The highest BCUT2D eigenvalue weighted by Crippen LogP contribution is 2.20. The molecule has 0 aliphatic carbocycles. The first kappa shape index (κ1) is 16.9. The van der Waals surface area contributed by atoms with Crippen molar-refractivity contribution in [3.63, 3.8) is 0 Å². The molecule has 0 bridgehead atoms. The molecule has 8 heteroatoms.